The fraction of sp³-hybridized carbons (Fsp3) is 0.824. The van der Waals surface area contributed by atoms with E-state index < -0.39 is 98.8 Å². The Morgan fingerprint density at radius 1 is 0.675 bits per heavy atom. The summed E-state index contributed by atoms with van der Waals surface area (Å²) >= 11 is 0. The lowest BCUT2D eigenvalue weighted by Gasteiger charge is -2.43. The number of rotatable bonds is 15. The molecule has 40 heavy (non-hydrogen) atoms. The summed E-state index contributed by atoms with van der Waals surface area (Å²) in [7, 11) is -7.51. The smallest absolute Gasteiger partial charge is 0.460 e. The lowest BCUT2D eigenvalue weighted by atomic mass is 9.91. The lowest BCUT2D eigenvalue weighted by Crippen LogP contribution is -2.75. The zero-order chi connectivity index (χ0) is 32.8. The Morgan fingerprint density at radius 3 is 1.35 bits per heavy atom. The summed E-state index contributed by atoms with van der Waals surface area (Å²) in [4.78, 5) is 10.6. The van der Waals surface area contributed by atoms with E-state index in [4.69, 9.17) is 0 Å². The third-order valence-electron chi connectivity index (χ3n) is 5.07. The number of halogens is 17. The van der Waals surface area contributed by atoms with E-state index in [1.807, 2.05) is 0 Å². The molecule has 0 rings (SSSR count). The second kappa shape index (κ2) is 11.0. The minimum absolute atomic E-state index is 0.210. The van der Waals surface area contributed by atoms with Gasteiger partial charge in [-0.2, -0.15) is 78.9 Å². The molecule has 0 aliphatic heterocycles. The molecular formula is C17H15F17NO4S-. The summed E-state index contributed by atoms with van der Waals surface area (Å²) in [6.07, 6.45) is -10.0. The van der Waals surface area contributed by atoms with Gasteiger partial charge in [-0.05, 0) is 18.4 Å². The van der Waals surface area contributed by atoms with Crippen molar-refractivity contribution in [2.45, 2.75) is 73.2 Å². The molecule has 0 radical (unpaired) electrons. The summed E-state index contributed by atoms with van der Waals surface area (Å²) in [5.74, 6) is -54.3. The van der Waals surface area contributed by atoms with E-state index in [-0.39, 0.29) is 6.42 Å². The molecule has 0 unspecified atom stereocenters. The molecule has 238 valence electrons. The van der Waals surface area contributed by atoms with Crippen LogP contribution in [-0.4, -0.2) is 78.7 Å². The number of unbranched alkanes of at least 4 members (excludes halogenated alkanes) is 1. The third kappa shape index (κ3) is 5.54. The number of carboxylic acid groups (broad SMARTS) is 1. The average Bonchev–Trinajstić information content (AvgIpc) is 2.76. The molecule has 0 saturated carbocycles. The first-order valence-electron chi connectivity index (χ1n) is 9.89. The number of hydrogen-bond acceptors (Lipinski definition) is 4. The van der Waals surface area contributed by atoms with Gasteiger partial charge in [-0.1, -0.05) is 19.9 Å². The lowest BCUT2D eigenvalue weighted by molar-refractivity contribution is -0.458. The normalized spacial score (nSPS) is 15.5. The van der Waals surface area contributed by atoms with Gasteiger partial charge in [0.05, 0.1) is 5.97 Å². The Bertz CT molecular complexity index is 1050. The Kier molecular flexibility index (Phi) is 10.4. The van der Waals surface area contributed by atoms with Crippen molar-refractivity contribution < 1.29 is 93.0 Å². The summed E-state index contributed by atoms with van der Waals surface area (Å²) in [6, 6.07) is 0. The van der Waals surface area contributed by atoms with Crippen LogP contribution in [0.1, 0.15) is 26.2 Å². The number of nitrogens with zero attached hydrogens (tertiary/aromatic N) is 1. The largest absolute Gasteiger partial charge is 0.545 e. The molecule has 0 fully saturated rings. The fourth-order valence-electron chi connectivity index (χ4n) is 2.52. The van der Waals surface area contributed by atoms with Crippen LogP contribution in [0.3, 0.4) is 0 Å². The van der Waals surface area contributed by atoms with Gasteiger partial charge < -0.3 is 9.90 Å². The molecule has 0 aliphatic carbocycles. The van der Waals surface area contributed by atoms with Gasteiger partial charge in [-0.15, -0.1) is 0 Å². The monoisotopic (exact) mass is 652 g/mol. The number of aliphatic carboxylic acids is 1. The van der Waals surface area contributed by atoms with Crippen molar-refractivity contribution in [2.75, 3.05) is 13.1 Å². The molecule has 0 N–H and O–H groups in total. The van der Waals surface area contributed by atoms with E-state index in [2.05, 4.69) is 6.58 Å². The van der Waals surface area contributed by atoms with Gasteiger partial charge in [0.2, 0.25) is 0 Å². The maximum Gasteiger partial charge on any atom is 0.460 e. The topological polar surface area (TPSA) is 77.5 Å². The van der Waals surface area contributed by atoms with E-state index in [1.165, 1.54) is 6.92 Å². The van der Waals surface area contributed by atoms with Crippen molar-refractivity contribution in [3.8, 4) is 0 Å². The van der Waals surface area contributed by atoms with Gasteiger partial charge >= 0.3 is 47.0 Å². The van der Waals surface area contributed by atoms with Crippen LogP contribution in [0.25, 0.3) is 0 Å². The summed E-state index contributed by atoms with van der Waals surface area (Å²) in [5.41, 5.74) is -1.13. The Labute approximate surface area is 212 Å². The van der Waals surface area contributed by atoms with Crippen molar-refractivity contribution >= 4 is 16.0 Å². The summed E-state index contributed by atoms with van der Waals surface area (Å²) in [5, 5.41) is 2.89. The van der Waals surface area contributed by atoms with Crippen LogP contribution in [0.2, 0.25) is 0 Å². The highest BCUT2D eigenvalue weighted by atomic mass is 32.2. The molecule has 0 heterocycles. The highest BCUT2D eigenvalue weighted by Crippen LogP contribution is 2.64. The molecule has 0 amide bonds. The number of sulfonamides is 1. The van der Waals surface area contributed by atoms with Crippen molar-refractivity contribution in [1.82, 2.24) is 4.31 Å². The molecule has 0 aromatic heterocycles. The first kappa shape index (κ1) is 37.9. The summed E-state index contributed by atoms with van der Waals surface area (Å²) < 4.78 is 251. The maximum atomic E-state index is 14.4. The molecule has 5 nitrogen and oxygen atoms in total. The number of alkyl halides is 17. The third-order valence-corrected chi connectivity index (χ3v) is 7.02. The standard InChI is InChI=1S/C17H16F17NO4S/c1-3-4-6-35(7-5-8(2)9(36)37)40(38,39)17(33,34)15(28,29)13(24,25)11(20,21)10(18,19)12(22,23)14(26,27)16(30,31)32/h2-7H2,1H3,(H,36,37)/p-1. The van der Waals surface area contributed by atoms with Gasteiger partial charge in [0.15, 0.2) is 0 Å². The molecule has 0 spiro atoms. The quantitative estimate of drug-likeness (QED) is 0.183. The zero-order valence-electron chi connectivity index (χ0n) is 19.2. The van der Waals surface area contributed by atoms with Gasteiger partial charge in [-0.25, -0.2) is 8.42 Å². The Hall–Kier alpha value is -2.07. The predicted octanol–water partition coefficient (Wildman–Crippen LogP) is 5.08. The molecule has 0 atom stereocenters. The second-order valence-corrected chi connectivity index (χ2v) is 9.84. The van der Waals surface area contributed by atoms with Gasteiger partial charge in [-0.3, -0.25) is 0 Å². The van der Waals surface area contributed by atoms with Crippen LogP contribution < -0.4 is 5.11 Å². The highest BCUT2D eigenvalue weighted by molar-refractivity contribution is 7.90. The molecule has 0 saturated heterocycles. The first-order chi connectivity index (χ1) is 17.3. The van der Waals surface area contributed by atoms with Crippen LogP contribution in [0.5, 0.6) is 0 Å². The van der Waals surface area contributed by atoms with E-state index in [0.29, 0.717) is 0 Å². The molecule has 0 aromatic carbocycles. The second-order valence-electron chi connectivity index (χ2n) is 7.86. The van der Waals surface area contributed by atoms with Crippen molar-refractivity contribution in [2.24, 2.45) is 0 Å². The Balaban J connectivity index is 7.01. The van der Waals surface area contributed by atoms with Gasteiger partial charge in [0.1, 0.15) is 0 Å². The predicted molar refractivity (Wildman–Crippen MR) is 94.8 cm³/mol. The molecular weight excluding hydrogens is 637 g/mol. The molecule has 0 aliphatic rings. The minimum Gasteiger partial charge on any atom is -0.545 e. The number of carbonyl (C=O) groups is 1. The fourth-order valence-corrected chi connectivity index (χ4v) is 4.00. The van der Waals surface area contributed by atoms with Crippen LogP contribution in [0.15, 0.2) is 12.2 Å². The number of carboxylic acids is 1. The summed E-state index contributed by atoms with van der Waals surface area (Å²) in [6.45, 7) is 0.848. The Morgan fingerprint density at radius 2 is 1.02 bits per heavy atom. The van der Waals surface area contributed by atoms with E-state index in [1.54, 1.807) is 0 Å². The van der Waals surface area contributed by atoms with Crippen molar-refractivity contribution in [1.29, 1.82) is 0 Å². The van der Waals surface area contributed by atoms with E-state index in [9.17, 15) is 93.0 Å². The van der Waals surface area contributed by atoms with Crippen LogP contribution in [0.4, 0.5) is 74.6 Å². The van der Waals surface area contributed by atoms with E-state index in [0.717, 1.165) is 0 Å². The van der Waals surface area contributed by atoms with Gasteiger partial charge in [0, 0.05) is 13.1 Å². The first-order valence-corrected chi connectivity index (χ1v) is 11.3. The zero-order valence-corrected chi connectivity index (χ0v) is 20.0. The highest BCUT2D eigenvalue weighted by Gasteiger charge is 2.96. The average molecular weight is 652 g/mol. The van der Waals surface area contributed by atoms with E-state index >= 15 is 0 Å². The maximum absolute atomic E-state index is 14.4. The van der Waals surface area contributed by atoms with Crippen molar-refractivity contribution in [3.63, 3.8) is 0 Å². The molecule has 0 aromatic rings. The number of hydrogen-bond donors (Lipinski definition) is 0. The number of carbonyl (C=O) groups excluding carboxylic acids is 1. The van der Waals surface area contributed by atoms with Crippen LogP contribution >= 0.6 is 0 Å². The minimum atomic E-state index is -8.93. The molecule has 0 bridgehead atoms. The van der Waals surface area contributed by atoms with Crippen molar-refractivity contribution in [3.05, 3.63) is 12.2 Å². The van der Waals surface area contributed by atoms with Crippen LogP contribution in [0, 0.1) is 0 Å². The van der Waals surface area contributed by atoms with Crippen LogP contribution in [-0.2, 0) is 14.8 Å². The molecule has 23 heteroatoms. The SMILES string of the molecule is C=C(CCN(CCCC)S(=O)(=O)C(F)(F)C(F)(F)C(F)(F)C(F)(F)C(F)(F)C(F)(F)C(F)(F)C(F)(F)F)C(=O)[O-]. The van der Waals surface area contributed by atoms with Gasteiger partial charge in [0.25, 0.3) is 10.0 Å².